The van der Waals surface area contributed by atoms with Gasteiger partial charge in [-0.1, -0.05) is 6.92 Å². The summed E-state index contributed by atoms with van der Waals surface area (Å²) >= 11 is 0. The van der Waals surface area contributed by atoms with E-state index in [9.17, 15) is 13.2 Å². The number of hydrogen-bond acceptors (Lipinski definition) is 3. The van der Waals surface area contributed by atoms with Gasteiger partial charge in [0.05, 0.1) is 6.26 Å². The Morgan fingerprint density at radius 2 is 2.00 bits per heavy atom. The molecule has 0 spiro atoms. The molecule has 0 aromatic rings. The van der Waals surface area contributed by atoms with Gasteiger partial charge in [-0.15, -0.1) is 0 Å². The van der Waals surface area contributed by atoms with E-state index in [-0.39, 0.29) is 13.0 Å². The van der Waals surface area contributed by atoms with Crippen molar-refractivity contribution in [3.8, 4) is 0 Å². The zero-order valence-electron chi connectivity index (χ0n) is 7.86. The standard InChI is InChI=1S/C7H15NO4S/c1-3-8(13(2,11)12)6-4-5-7(9)10/h3-6H2,1-2H3,(H,9,10). The number of hydrogen-bond donors (Lipinski definition) is 1. The molecule has 0 aliphatic rings. The highest BCUT2D eigenvalue weighted by molar-refractivity contribution is 7.88. The number of carboxylic acids is 1. The Bertz CT molecular complexity index is 260. The molecule has 6 heteroatoms. The van der Waals surface area contributed by atoms with Crippen LogP contribution in [0.2, 0.25) is 0 Å². The van der Waals surface area contributed by atoms with Gasteiger partial charge in [0.15, 0.2) is 0 Å². The minimum Gasteiger partial charge on any atom is -0.481 e. The Balaban J connectivity index is 3.95. The molecule has 0 saturated heterocycles. The molecule has 0 aliphatic heterocycles. The third-order valence-corrected chi connectivity index (χ3v) is 3.00. The summed E-state index contributed by atoms with van der Waals surface area (Å²) < 4.78 is 23.3. The molecule has 0 aromatic heterocycles. The molecular weight excluding hydrogens is 194 g/mol. The van der Waals surface area contributed by atoms with Crippen LogP contribution in [0.5, 0.6) is 0 Å². The molecule has 0 heterocycles. The summed E-state index contributed by atoms with van der Waals surface area (Å²) in [5.74, 6) is -0.899. The predicted octanol–water partition coefficient (Wildman–Crippen LogP) is 0.133. The van der Waals surface area contributed by atoms with E-state index >= 15 is 0 Å². The molecule has 1 N–H and O–H groups in total. The van der Waals surface area contributed by atoms with Crippen LogP contribution < -0.4 is 0 Å². The lowest BCUT2D eigenvalue weighted by atomic mass is 10.3. The first-order valence-electron chi connectivity index (χ1n) is 4.05. The van der Waals surface area contributed by atoms with Gasteiger partial charge in [0.2, 0.25) is 10.0 Å². The minimum atomic E-state index is -3.17. The summed E-state index contributed by atoms with van der Waals surface area (Å²) in [4.78, 5) is 10.2. The van der Waals surface area contributed by atoms with Crippen LogP contribution in [0.3, 0.4) is 0 Å². The van der Waals surface area contributed by atoms with Crippen molar-refractivity contribution >= 4 is 16.0 Å². The van der Waals surface area contributed by atoms with Crippen molar-refractivity contribution in [1.82, 2.24) is 4.31 Å². The van der Waals surface area contributed by atoms with Gasteiger partial charge in [-0.25, -0.2) is 12.7 Å². The normalized spacial score (nSPS) is 11.9. The summed E-state index contributed by atoms with van der Waals surface area (Å²) in [6, 6.07) is 0. The van der Waals surface area contributed by atoms with Gasteiger partial charge in [0.1, 0.15) is 0 Å². The lowest BCUT2D eigenvalue weighted by Crippen LogP contribution is -2.30. The largest absolute Gasteiger partial charge is 0.481 e. The Labute approximate surface area is 78.4 Å². The van der Waals surface area contributed by atoms with E-state index in [2.05, 4.69) is 0 Å². The van der Waals surface area contributed by atoms with Crippen molar-refractivity contribution in [3.63, 3.8) is 0 Å². The fourth-order valence-electron chi connectivity index (χ4n) is 0.965. The Kier molecular flexibility index (Phi) is 4.94. The molecule has 0 fully saturated rings. The number of rotatable bonds is 6. The van der Waals surface area contributed by atoms with Gasteiger partial charge < -0.3 is 5.11 Å². The summed E-state index contributed by atoms with van der Waals surface area (Å²) in [5.41, 5.74) is 0. The van der Waals surface area contributed by atoms with Crippen molar-refractivity contribution < 1.29 is 18.3 Å². The van der Waals surface area contributed by atoms with Crippen molar-refractivity contribution in [3.05, 3.63) is 0 Å². The summed E-state index contributed by atoms with van der Waals surface area (Å²) in [6.07, 6.45) is 1.49. The van der Waals surface area contributed by atoms with Crippen LogP contribution in [0.1, 0.15) is 19.8 Å². The second kappa shape index (κ2) is 5.18. The van der Waals surface area contributed by atoms with E-state index in [1.807, 2.05) is 0 Å². The molecular formula is C7H15NO4S. The quantitative estimate of drug-likeness (QED) is 0.675. The van der Waals surface area contributed by atoms with Crippen LogP contribution in [0.4, 0.5) is 0 Å². The van der Waals surface area contributed by atoms with Crippen molar-refractivity contribution in [1.29, 1.82) is 0 Å². The average Bonchev–Trinajstić information content (AvgIpc) is 1.95. The summed E-state index contributed by atoms with van der Waals surface area (Å²) in [7, 11) is -3.17. The van der Waals surface area contributed by atoms with Gasteiger partial charge in [-0.05, 0) is 6.42 Å². The molecule has 0 atom stereocenters. The van der Waals surface area contributed by atoms with E-state index in [0.29, 0.717) is 13.0 Å². The van der Waals surface area contributed by atoms with Crippen LogP contribution >= 0.6 is 0 Å². The third-order valence-electron chi connectivity index (χ3n) is 1.62. The van der Waals surface area contributed by atoms with E-state index in [1.165, 1.54) is 4.31 Å². The maximum atomic E-state index is 11.0. The molecule has 13 heavy (non-hydrogen) atoms. The van der Waals surface area contributed by atoms with Gasteiger partial charge >= 0.3 is 5.97 Å². The number of nitrogens with zero attached hydrogens (tertiary/aromatic N) is 1. The highest BCUT2D eigenvalue weighted by Crippen LogP contribution is 2.00. The van der Waals surface area contributed by atoms with Crippen LogP contribution in [-0.4, -0.2) is 43.1 Å². The Hall–Kier alpha value is -0.620. The van der Waals surface area contributed by atoms with Gasteiger partial charge in [-0.3, -0.25) is 4.79 Å². The first-order chi connectivity index (χ1) is 5.88. The van der Waals surface area contributed by atoms with Crippen LogP contribution in [0, 0.1) is 0 Å². The fraction of sp³-hybridized carbons (Fsp3) is 0.857. The van der Waals surface area contributed by atoms with Crippen molar-refractivity contribution in [2.45, 2.75) is 19.8 Å². The Morgan fingerprint density at radius 1 is 1.46 bits per heavy atom. The average molecular weight is 209 g/mol. The van der Waals surface area contributed by atoms with Crippen LogP contribution in [-0.2, 0) is 14.8 Å². The van der Waals surface area contributed by atoms with E-state index < -0.39 is 16.0 Å². The molecule has 0 aromatic carbocycles. The minimum absolute atomic E-state index is 0.00597. The van der Waals surface area contributed by atoms with Gasteiger partial charge in [0.25, 0.3) is 0 Å². The molecule has 0 radical (unpaired) electrons. The van der Waals surface area contributed by atoms with Crippen LogP contribution in [0.15, 0.2) is 0 Å². The highest BCUT2D eigenvalue weighted by atomic mass is 32.2. The lowest BCUT2D eigenvalue weighted by molar-refractivity contribution is -0.137. The molecule has 0 bridgehead atoms. The molecule has 0 saturated carbocycles. The molecule has 78 valence electrons. The van der Waals surface area contributed by atoms with E-state index in [1.54, 1.807) is 6.92 Å². The van der Waals surface area contributed by atoms with Crippen molar-refractivity contribution in [2.75, 3.05) is 19.3 Å². The molecule has 0 rings (SSSR count). The topological polar surface area (TPSA) is 74.7 Å². The first kappa shape index (κ1) is 12.4. The lowest BCUT2D eigenvalue weighted by Gasteiger charge is -2.16. The zero-order chi connectivity index (χ0) is 10.5. The molecule has 0 amide bonds. The molecule has 5 nitrogen and oxygen atoms in total. The Morgan fingerprint density at radius 3 is 2.31 bits per heavy atom. The second-order valence-electron chi connectivity index (χ2n) is 2.75. The zero-order valence-corrected chi connectivity index (χ0v) is 8.67. The highest BCUT2D eigenvalue weighted by Gasteiger charge is 2.13. The number of carboxylic acid groups (broad SMARTS) is 1. The summed E-state index contributed by atoms with van der Waals surface area (Å²) in [6.45, 7) is 2.39. The maximum absolute atomic E-state index is 11.0. The SMILES string of the molecule is CCN(CCCC(=O)O)S(C)(=O)=O. The molecule has 0 aliphatic carbocycles. The van der Waals surface area contributed by atoms with E-state index in [0.717, 1.165) is 6.26 Å². The monoisotopic (exact) mass is 209 g/mol. The fourth-order valence-corrected chi connectivity index (χ4v) is 1.89. The van der Waals surface area contributed by atoms with Crippen LogP contribution in [0.25, 0.3) is 0 Å². The number of aliphatic carboxylic acids is 1. The molecule has 0 unspecified atom stereocenters. The third kappa shape index (κ3) is 5.59. The number of sulfonamides is 1. The smallest absolute Gasteiger partial charge is 0.303 e. The van der Waals surface area contributed by atoms with Gasteiger partial charge in [-0.2, -0.15) is 0 Å². The number of carbonyl (C=O) groups is 1. The van der Waals surface area contributed by atoms with Gasteiger partial charge in [0, 0.05) is 19.5 Å². The van der Waals surface area contributed by atoms with Crippen molar-refractivity contribution in [2.24, 2.45) is 0 Å². The predicted molar refractivity (Wildman–Crippen MR) is 49.0 cm³/mol. The second-order valence-corrected chi connectivity index (χ2v) is 4.73. The maximum Gasteiger partial charge on any atom is 0.303 e. The summed E-state index contributed by atoms with van der Waals surface area (Å²) in [5, 5.41) is 8.33. The van der Waals surface area contributed by atoms with E-state index in [4.69, 9.17) is 5.11 Å². The first-order valence-corrected chi connectivity index (χ1v) is 5.89.